The van der Waals surface area contributed by atoms with Crippen molar-refractivity contribution in [2.24, 2.45) is 0 Å². The van der Waals surface area contributed by atoms with Crippen LogP contribution < -0.4 is 15.5 Å². The maximum absolute atomic E-state index is 13.1. The van der Waals surface area contributed by atoms with E-state index in [-0.39, 0.29) is 11.7 Å². The third-order valence-corrected chi connectivity index (χ3v) is 5.37. The van der Waals surface area contributed by atoms with E-state index in [0.717, 1.165) is 22.0 Å². The van der Waals surface area contributed by atoms with Crippen LogP contribution in [0.3, 0.4) is 0 Å². The molecule has 0 spiro atoms. The molecule has 8 heteroatoms. The zero-order valence-corrected chi connectivity index (χ0v) is 19.2. The lowest BCUT2D eigenvalue weighted by atomic mass is 10.1. The quantitative estimate of drug-likeness (QED) is 0.369. The fourth-order valence-electron chi connectivity index (χ4n) is 3.43. The number of hydrogen-bond acceptors (Lipinski definition) is 6. The largest absolute Gasteiger partial charge is 0.389 e. The van der Waals surface area contributed by atoms with Crippen molar-refractivity contribution in [3.05, 3.63) is 89.2 Å². The molecule has 0 fully saturated rings. The van der Waals surface area contributed by atoms with E-state index in [1.807, 2.05) is 61.5 Å². The van der Waals surface area contributed by atoms with E-state index in [9.17, 15) is 14.3 Å². The highest BCUT2D eigenvalue weighted by molar-refractivity contribution is 6.04. The highest BCUT2D eigenvalue weighted by Gasteiger charge is 2.12. The second-order valence-electron chi connectivity index (χ2n) is 8.23. The lowest BCUT2D eigenvalue weighted by Gasteiger charge is -2.16. The standard InChI is InChI=1S/C26H26FN5O2/c1-16(33)19-8-13-22-23(14-19)30-26(32(2)3)31-24(22)28-15-17-4-11-21(12-5-17)29-25(34)18-6-9-20(27)10-7-18/h4-14,16,33H,15H2,1-3H3,(H,29,34)(H,28,30,31). The number of nitrogens with one attached hydrogen (secondary N) is 2. The van der Waals surface area contributed by atoms with Crippen LogP contribution in [0, 0.1) is 5.82 Å². The maximum atomic E-state index is 13.1. The van der Waals surface area contributed by atoms with Crippen molar-refractivity contribution in [1.29, 1.82) is 0 Å². The molecule has 0 radical (unpaired) electrons. The first kappa shape index (κ1) is 23.1. The summed E-state index contributed by atoms with van der Waals surface area (Å²) in [5.74, 6) is 0.577. The molecule has 3 aromatic carbocycles. The molecule has 1 heterocycles. The normalized spacial score (nSPS) is 11.8. The minimum absolute atomic E-state index is 0.300. The summed E-state index contributed by atoms with van der Waals surface area (Å²) in [5.41, 5.74) is 3.57. The van der Waals surface area contributed by atoms with E-state index < -0.39 is 6.10 Å². The Morgan fingerprint density at radius 2 is 1.74 bits per heavy atom. The zero-order valence-electron chi connectivity index (χ0n) is 19.2. The number of fused-ring (bicyclic) bond motifs is 1. The highest BCUT2D eigenvalue weighted by Crippen LogP contribution is 2.26. The van der Waals surface area contributed by atoms with Crippen LogP contribution in [0.5, 0.6) is 0 Å². The molecule has 7 nitrogen and oxygen atoms in total. The van der Waals surface area contributed by atoms with Crippen molar-refractivity contribution in [2.75, 3.05) is 29.6 Å². The van der Waals surface area contributed by atoms with E-state index >= 15 is 0 Å². The molecule has 0 aliphatic carbocycles. The van der Waals surface area contributed by atoms with Gasteiger partial charge in [0.25, 0.3) is 5.91 Å². The fourth-order valence-corrected chi connectivity index (χ4v) is 3.43. The van der Waals surface area contributed by atoms with Crippen LogP contribution in [-0.2, 0) is 6.54 Å². The zero-order chi connectivity index (χ0) is 24.2. The summed E-state index contributed by atoms with van der Waals surface area (Å²) >= 11 is 0. The molecule has 0 aliphatic rings. The van der Waals surface area contributed by atoms with Gasteiger partial charge in [0.1, 0.15) is 11.6 Å². The van der Waals surface area contributed by atoms with E-state index in [1.165, 1.54) is 24.3 Å². The summed E-state index contributed by atoms with van der Waals surface area (Å²) in [7, 11) is 3.75. The molecule has 1 aromatic heterocycles. The van der Waals surface area contributed by atoms with Gasteiger partial charge in [-0.3, -0.25) is 4.79 Å². The van der Waals surface area contributed by atoms with Crippen molar-refractivity contribution < 1.29 is 14.3 Å². The molecule has 4 aromatic rings. The molecule has 0 bridgehead atoms. The molecule has 0 aliphatic heterocycles. The van der Waals surface area contributed by atoms with E-state index in [1.54, 1.807) is 6.92 Å². The number of aliphatic hydroxyl groups is 1. The number of hydrogen-bond donors (Lipinski definition) is 3. The molecule has 4 rings (SSSR count). The van der Waals surface area contributed by atoms with Crippen molar-refractivity contribution in [1.82, 2.24) is 9.97 Å². The predicted molar refractivity (Wildman–Crippen MR) is 133 cm³/mol. The number of benzene rings is 3. The number of carbonyl (C=O) groups is 1. The average Bonchev–Trinajstić information content (AvgIpc) is 2.83. The lowest BCUT2D eigenvalue weighted by molar-refractivity contribution is 0.102. The molecule has 0 saturated heterocycles. The number of carbonyl (C=O) groups excluding carboxylic acids is 1. The Hall–Kier alpha value is -4.04. The van der Waals surface area contributed by atoms with Gasteiger partial charge >= 0.3 is 0 Å². The Bertz CT molecular complexity index is 1300. The van der Waals surface area contributed by atoms with Gasteiger partial charge in [0, 0.05) is 37.3 Å². The second kappa shape index (κ2) is 9.84. The molecule has 1 atom stereocenters. The van der Waals surface area contributed by atoms with Crippen molar-refractivity contribution in [3.8, 4) is 0 Å². The molecule has 174 valence electrons. The van der Waals surface area contributed by atoms with Crippen LogP contribution >= 0.6 is 0 Å². The molecule has 1 unspecified atom stereocenters. The number of amides is 1. The minimum Gasteiger partial charge on any atom is -0.389 e. The maximum Gasteiger partial charge on any atom is 0.255 e. The van der Waals surface area contributed by atoms with E-state index in [4.69, 9.17) is 0 Å². The van der Waals surface area contributed by atoms with Gasteiger partial charge in [0.05, 0.1) is 11.6 Å². The Kier molecular flexibility index (Phi) is 6.70. The molecule has 34 heavy (non-hydrogen) atoms. The SMILES string of the molecule is CC(O)c1ccc2c(NCc3ccc(NC(=O)c4ccc(F)cc4)cc3)nc(N(C)C)nc2c1. The number of anilines is 3. The first-order valence-corrected chi connectivity index (χ1v) is 10.9. The van der Waals surface area contributed by atoms with Gasteiger partial charge in [0.15, 0.2) is 0 Å². The highest BCUT2D eigenvalue weighted by atomic mass is 19.1. The lowest BCUT2D eigenvalue weighted by Crippen LogP contribution is -2.14. The van der Waals surface area contributed by atoms with Gasteiger partial charge in [-0.2, -0.15) is 4.98 Å². The van der Waals surface area contributed by atoms with E-state index in [0.29, 0.717) is 29.6 Å². The molecular weight excluding hydrogens is 433 g/mol. The summed E-state index contributed by atoms with van der Waals surface area (Å²) in [6, 6.07) is 18.5. The van der Waals surface area contributed by atoms with Crippen LogP contribution in [-0.4, -0.2) is 35.1 Å². The van der Waals surface area contributed by atoms with Crippen LogP contribution in [0.2, 0.25) is 0 Å². The van der Waals surface area contributed by atoms with E-state index in [2.05, 4.69) is 20.6 Å². The number of aromatic nitrogens is 2. The second-order valence-corrected chi connectivity index (χ2v) is 8.23. The van der Waals surface area contributed by atoms with Crippen molar-refractivity contribution in [2.45, 2.75) is 19.6 Å². The number of aliphatic hydroxyl groups excluding tert-OH is 1. The Balaban J connectivity index is 1.49. The number of nitrogens with zero attached hydrogens (tertiary/aromatic N) is 3. The summed E-state index contributed by atoms with van der Waals surface area (Å²) in [6.07, 6.45) is -0.583. The summed E-state index contributed by atoms with van der Waals surface area (Å²) in [5, 5.41) is 17.0. The molecule has 3 N–H and O–H groups in total. The van der Waals surface area contributed by atoms with Gasteiger partial charge < -0.3 is 20.6 Å². The van der Waals surface area contributed by atoms with Gasteiger partial charge in [-0.25, -0.2) is 9.37 Å². The topological polar surface area (TPSA) is 90.4 Å². The van der Waals surface area contributed by atoms with Gasteiger partial charge in [-0.05, 0) is 66.6 Å². The third-order valence-electron chi connectivity index (χ3n) is 5.37. The smallest absolute Gasteiger partial charge is 0.255 e. The summed E-state index contributed by atoms with van der Waals surface area (Å²) in [4.78, 5) is 23.4. The summed E-state index contributed by atoms with van der Waals surface area (Å²) < 4.78 is 13.1. The fraction of sp³-hybridized carbons (Fsp3) is 0.192. The van der Waals surface area contributed by atoms with Gasteiger partial charge in [-0.1, -0.05) is 18.2 Å². The first-order chi connectivity index (χ1) is 16.3. The Morgan fingerprint density at radius 1 is 1.03 bits per heavy atom. The predicted octanol–water partition coefficient (Wildman–Crippen LogP) is 4.75. The molecular formula is C26H26FN5O2. The van der Waals surface area contributed by atoms with Crippen molar-refractivity contribution >= 4 is 34.3 Å². The number of rotatable bonds is 7. The third kappa shape index (κ3) is 5.29. The monoisotopic (exact) mass is 459 g/mol. The first-order valence-electron chi connectivity index (χ1n) is 10.9. The minimum atomic E-state index is -0.583. The van der Waals surface area contributed by atoms with Crippen LogP contribution in [0.1, 0.15) is 34.5 Å². The Labute approximate surface area is 197 Å². The van der Waals surface area contributed by atoms with Crippen LogP contribution in [0.15, 0.2) is 66.7 Å². The Morgan fingerprint density at radius 3 is 2.38 bits per heavy atom. The van der Waals surface area contributed by atoms with Gasteiger partial charge in [-0.15, -0.1) is 0 Å². The molecule has 0 saturated carbocycles. The van der Waals surface area contributed by atoms with Crippen LogP contribution in [0.4, 0.5) is 21.8 Å². The van der Waals surface area contributed by atoms with Crippen LogP contribution in [0.25, 0.3) is 10.9 Å². The average molecular weight is 460 g/mol. The van der Waals surface area contributed by atoms with Crippen molar-refractivity contribution in [3.63, 3.8) is 0 Å². The van der Waals surface area contributed by atoms with Gasteiger partial charge in [0.2, 0.25) is 5.95 Å². The molecule has 1 amide bonds. The summed E-state index contributed by atoms with van der Waals surface area (Å²) in [6.45, 7) is 2.24. The number of halogens is 1.